The largest absolute Gasteiger partial charge is 0.435 e. The summed E-state index contributed by atoms with van der Waals surface area (Å²) in [6.45, 7) is 18.7. The molecule has 7 atom stereocenters. The molecule has 1 aliphatic heterocycles. The average molecular weight is 568 g/mol. The number of nitrogens with one attached hydrogen (secondary N) is 1. The third-order valence-corrected chi connectivity index (χ3v) is 13.4. The van der Waals surface area contributed by atoms with Gasteiger partial charge in [-0.05, 0) is 124 Å². The van der Waals surface area contributed by atoms with Crippen molar-refractivity contribution in [1.29, 1.82) is 0 Å². The lowest BCUT2D eigenvalue weighted by atomic mass is 9.39. The van der Waals surface area contributed by atoms with Gasteiger partial charge in [0.1, 0.15) is 0 Å². The fourth-order valence-corrected chi connectivity index (χ4v) is 10.8. The van der Waals surface area contributed by atoms with Gasteiger partial charge in [0.15, 0.2) is 5.78 Å². The molecule has 41 heavy (non-hydrogen) atoms. The third-order valence-electron chi connectivity index (χ3n) is 13.4. The normalized spacial score (nSPS) is 39.9. The van der Waals surface area contributed by atoms with Gasteiger partial charge >= 0.3 is 6.09 Å². The summed E-state index contributed by atoms with van der Waals surface area (Å²) in [5.41, 5.74) is 3.34. The highest BCUT2D eigenvalue weighted by Crippen LogP contribution is 2.73. The number of carbonyl (C=O) groups is 2. The summed E-state index contributed by atoms with van der Waals surface area (Å²) in [5.74, 6) is 2.05. The van der Waals surface area contributed by atoms with Crippen LogP contribution in [-0.2, 0) is 9.63 Å². The van der Waals surface area contributed by atoms with E-state index >= 15 is 0 Å². The zero-order chi connectivity index (χ0) is 29.6. The van der Waals surface area contributed by atoms with Crippen LogP contribution in [0.4, 0.5) is 4.79 Å². The van der Waals surface area contributed by atoms with E-state index in [-0.39, 0.29) is 27.8 Å². The maximum atomic E-state index is 13.2. The molecule has 4 fully saturated rings. The molecule has 6 heteroatoms. The van der Waals surface area contributed by atoms with Crippen LogP contribution in [0.1, 0.15) is 126 Å². The van der Waals surface area contributed by atoms with Crippen molar-refractivity contribution >= 4 is 17.6 Å². The molecule has 3 saturated carbocycles. The maximum absolute atomic E-state index is 13.2. The van der Waals surface area contributed by atoms with Crippen LogP contribution in [0.2, 0.25) is 0 Å². The number of hydrogen-bond donors (Lipinski definition) is 1. The van der Waals surface area contributed by atoms with E-state index in [1.54, 1.807) is 0 Å². The van der Waals surface area contributed by atoms with Gasteiger partial charge in [-0.1, -0.05) is 52.3 Å². The number of oxime groups is 1. The lowest BCUT2D eigenvalue weighted by Crippen LogP contribution is -2.58. The summed E-state index contributed by atoms with van der Waals surface area (Å²) in [7, 11) is 0. The first kappa shape index (κ1) is 30.8. The zero-order valence-electron chi connectivity index (χ0n) is 27.1. The molecule has 6 nitrogen and oxygen atoms in total. The van der Waals surface area contributed by atoms with E-state index in [9.17, 15) is 9.59 Å². The summed E-state index contributed by atoms with van der Waals surface area (Å²) in [6.07, 6.45) is 14.7. The third kappa shape index (κ3) is 5.12. The first-order valence-corrected chi connectivity index (χ1v) is 16.9. The average Bonchev–Trinajstić information content (AvgIpc) is 3.47. The molecule has 1 saturated heterocycles. The van der Waals surface area contributed by atoms with Crippen molar-refractivity contribution in [1.82, 2.24) is 10.2 Å². The Kier molecular flexibility index (Phi) is 8.57. The van der Waals surface area contributed by atoms with Gasteiger partial charge in [0.2, 0.25) is 0 Å². The number of fused-ring (bicyclic) bond motifs is 5. The maximum Gasteiger partial charge on any atom is 0.435 e. The molecular weight excluding hydrogens is 510 g/mol. The lowest BCUT2D eigenvalue weighted by Gasteiger charge is -2.65. The molecule has 0 bridgehead atoms. The molecule has 0 aromatic heterocycles. The van der Waals surface area contributed by atoms with Crippen molar-refractivity contribution in [2.75, 3.05) is 19.6 Å². The molecule has 0 spiro atoms. The van der Waals surface area contributed by atoms with Crippen LogP contribution in [0, 0.1) is 39.4 Å². The summed E-state index contributed by atoms with van der Waals surface area (Å²) in [6, 6.07) is 0.430. The van der Waals surface area contributed by atoms with E-state index in [2.05, 4.69) is 58.9 Å². The van der Waals surface area contributed by atoms with Crippen molar-refractivity contribution in [3.63, 3.8) is 0 Å². The number of hydrogen-bond acceptors (Lipinski definition) is 5. The molecule has 4 aliphatic carbocycles. The number of nitrogens with zero attached hydrogens (tertiary/aromatic N) is 2. The van der Waals surface area contributed by atoms with Crippen LogP contribution in [-0.4, -0.2) is 48.2 Å². The van der Waals surface area contributed by atoms with E-state index in [1.807, 2.05) is 11.0 Å². The predicted molar refractivity (Wildman–Crippen MR) is 166 cm³/mol. The molecule has 0 aromatic rings. The monoisotopic (exact) mass is 567 g/mol. The van der Waals surface area contributed by atoms with Crippen molar-refractivity contribution in [2.24, 2.45) is 44.6 Å². The fraction of sp³-hybridized carbons (Fsp3) is 0.857. The molecule has 1 unspecified atom stereocenters. The van der Waals surface area contributed by atoms with Crippen molar-refractivity contribution in [3.05, 3.63) is 11.6 Å². The number of amides is 1. The summed E-state index contributed by atoms with van der Waals surface area (Å²) >= 11 is 0. The van der Waals surface area contributed by atoms with Crippen LogP contribution in [0.3, 0.4) is 0 Å². The molecule has 0 aromatic carbocycles. The molecule has 1 heterocycles. The Morgan fingerprint density at radius 1 is 1.02 bits per heavy atom. The molecule has 0 radical (unpaired) electrons. The van der Waals surface area contributed by atoms with Crippen molar-refractivity contribution in [2.45, 2.75) is 132 Å². The van der Waals surface area contributed by atoms with Crippen LogP contribution < -0.4 is 5.32 Å². The van der Waals surface area contributed by atoms with E-state index in [4.69, 9.17) is 4.84 Å². The molecule has 5 rings (SSSR count). The smallest absolute Gasteiger partial charge is 0.313 e. The Morgan fingerprint density at radius 3 is 2.49 bits per heavy atom. The number of rotatable bonds is 8. The minimum absolute atomic E-state index is 0.155. The first-order chi connectivity index (χ1) is 19.4. The summed E-state index contributed by atoms with van der Waals surface area (Å²) in [5, 5.41) is 8.17. The van der Waals surface area contributed by atoms with Gasteiger partial charge in [-0.3, -0.25) is 9.63 Å². The van der Waals surface area contributed by atoms with Gasteiger partial charge in [-0.25, -0.2) is 4.79 Å². The van der Waals surface area contributed by atoms with Crippen molar-refractivity contribution in [3.8, 4) is 0 Å². The van der Waals surface area contributed by atoms with Crippen LogP contribution in [0.5, 0.6) is 0 Å². The Labute approximate surface area is 249 Å². The standard InChI is InChI=1S/C35H57N3O3/c1-8-21-38(22-15-30-32(4,5)19-20-36-30)31(40)41-37-24(3)27-12-13-28-29-11-10-25-23-26(39)14-16-34(25,7)35(29,9-2)18-17-33(27,28)6/h23,27-30,36H,8-22H2,1-7H3/b37-24+/t27-,28+,29+,30?,33-,34+,35+/m1/s1. The second-order valence-corrected chi connectivity index (χ2v) is 15.5. The van der Waals surface area contributed by atoms with Crippen molar-refractivity contribution < 1.29 is 14.4 Å². The molecule has 1 amide bonds. The quantitative estimate of drug-likeness (QED) is 0.184. The molecule has 1 N–H and O–H groups in total. The highest BCUT2D eigenvalue weighted by atomic mass is 16.7. The fourth-order valence-electron chi connectivity index (χ4n) is 10.8. The van der Waals surface area contributed by atoms with Gasteiger partial charge < -0.3 is 10.2 Å². The van der Waals surface area contributed by atoms with Gasteiger partial charge in [0.25, 0.3) is 0 Å². The van der Waals surface area contributed by atoms with Gasteiger partial charge in [0, 0.05) is 31.5 Å². The number of carbonyl (C=O) groups excluding carboxylic acids is 2. The van der Waals surface area contributed by atoms with Crippen LogP contribution in [0.15, 0.2) is 16.8 Å². The lowest BCUT2D eigenvalue weighted by molar-refractivity contribution is -0.134. The number of allylic oxidation sites excluding steroid dienone is 1. The molecule has 230 valence electrons. The first-order valence-electron chi connectivity index (χ1n) is 16.9. The van der Waals surface area contributed by atoms with E-state index < -0.39 is 0 Å². The van der Waals surface area contributed by atoms with Crippen LogP contribution >= 0.6 is 0 Å². The van der Waals surface area contributed by atoms with Gasteiger partial charge in [-0.15, -0.1) is 0 Å². The summed E-state index contributed by atoms with van der Waals surface area (Å²) < 4.78 is 0. The minimum atomic E-state index is -0.304. The Bertz CT molecular complexity index is 1080. The summed E-state index contributed by atoms with van der Waals surface area (Å²) in [4.78, 5) is 33.1. The second kappa shape index (κ2) is 11.4. The Balaban J connectivity index is 1.27. The van der Waals surface area contributed by atoms with E-state index in [0.717, 1.165) is 44.4 Å². The highest BCUT2D eigenvalue weighted by Gasteiger charge is 2.65. The zero-order valence-corrected chi connectivity index (χ0v) is 27.1. The SMILES string of the molecule is CCCN(CCC1NCCC1(C)C)C(=O)O/N=C(\C)[C@H]1CC[C@H]2[C@@H]3CCC4=CC(=O)CC[C@]4(C)[C@@]3(CC)CC[C@]12C. The van der Waals surface area contributed by atoms with Gasteiger partial charge in [0.05, 0.1) is 5.71 Å². The Morgan fingerprint density at radius 2 is 1.80 bits per heavy atom. The molecule has 5 aliphatic rings. The minimum Gasteiger partial charge on any atom is -0.313 e. The topological polar surface area (TPSA) is 71.0 Å². The predicted octanol–water partition coefficient (Wildman–Crippen LogP) is 7.92. The van der Waals surface area contributed by atoms with Crippen LogP contribution in [0.25, 0.3) is 0 Å². The van der Waals surface area contributed by atoms with E-state index in [1.165, 1.54) is 44.1 Å². The van der Waals surface area contributed by atoms with E-state index in [0.29, 0.717) is 49.1 Å². The highest BCUT2D eigenvalue weighted by molar-refractivity contribution is 5.91. The Hall–Kier alpha value is -1.69. The number of ketones is 1. The second-order valence-electron chi connectivity index (χ2n) is 15.5. The van der Waals surface area contributed by atoms with Gasteiger partial charge in [-0.2, -0.15) is 0 Å². The molecular formula is C35H57N3O3.